The first-order valence-corrected chi connectivity index (χ1v) is 9.46. The van der Waals surface area contributed by atoms with Gasteiger partial charge in [0.2, 0.25) is 0 Å². The number of carbonyl (C=O) groups is 1. The Morgan fingerprint density at radius 3 is 2.76 bits per heavy atom. The van der Waals surface area contributed by atoms with Crippen LogP contribution in [0.15, 0.2) is 23.0 Å². The molecule has 0 fully saturated rings. The standard InChI is InChI=1S/C20H25NO3S/c1-19(2)8-7-14-16(10-19)25-15-9-12(5-6-13(15)17(14)23)18(24)21-20(3,4)11-22/h5-6,9,22H,7-8,10-11H2,1-4H3,(H,21,24). The lowest BCUT2D eigenvalue weighted by Crippen LogP contribution is -2.46. The number of rotatable bonds is 3. The summed E-state index contributed by atoms with van der Waals surface area (Å²) in [4.78, 5) is 26.4. The second-order valence-corrected chi connectivity index (χ2v) is 9.52. The van der Waals surface area contributed by atoms with Crippen molar-refractivity contribution < 1.29 is 9.90 Å². The monoisotopic (exact) mass is 359 g/mol. The first-order chi connectivity index (χ1) is 11.6. The van der Waals surface area contributed by atoms with E-state index < -0.39 is 5.54 Å². The molecule has 1 aliphatic rings. The van der Waals surface area contributed by atoms with Gasteiger partial charge in [-0.2, -0.15) is 0 Å². The molecule has 0 saturated heterocycles. The molecule has 0 aliphatic heterocycles. The number of hydrogen-bond donors (Lipinski definition) is 2. The van der Waals surface area contributed by atoms with E-state index in [1.807, 2.05) is 0 Å². The predicted octanol–water partition coefficient (Wildman–Crippen LogP) is 3.28. The van der Waals surface area contributed by atoms with Crippen LogP contribution in [0.3, 0.4) is 0 Å². The van der Waals surface area contributed by atoms with Crippen LogP contribution in [0.2, 0.25) is 0 Å². The maximum atomic E-state index is 12.8. The second-order valence-electron chi connectivity index (χ2n) is 8.38. The molecule has 1 heterocycles. The smallest absolute Gasteiger partial charge is 0.251 e. The number of benzene rings is 1. The Kier molecular flexibility index (Phi) is 4.50. The van der Waals surface area contributed by atoms with Gasteiger partial charge >= 0.3 is 0 Å². The SMILES string of the molecule is CC1(C)CCc2c(sc3cc(C(=O)NC(C)(C)CO)ccc3c2=O)C1. The van der Waals surface area contributed by atoms with Gasteiger partial charge in [-0.1, -0.05) is 13.8 Å². The number of fused-ring (bicyclic) bond motifs is 2. The summed E-state index contributed by atoms with van der Waals surface area (Å²) in [7, 11) is 0. The first-order valence-electron chi connectivity index (χ1n) is 8.64. The van der Waals surface area contributed by atoms with Crippen LogP contribution in [0.1, 0.15) is 54.9 Å². The minimum Gasteiger partial charge on any atom is -0.394 e. The van der Waals surface area contributed by atoms with Gasteiger partial charge in [-0.3, -0.25) is 9.59 Å². The molecule has 1 aromatic heterocycles. The lowest BCUT2D eigenvalue weighted by atomic mass is 9.77. The molecule has 4 nitrogen and oxygen atoms in total. The highest BCUT2D eigenvalue weighted by molar-refractivity contribution is 7.18. The molecule has 3 rings (SSSR count). The third-order valence-electron chi connectivity index (χ3n) is 4.87. The van der Waals surface area contributed by atoms with Gasteiger partial charge in [-0.05, 0) is 56.7 Å². The van der Waals surface area contributed by atoms with Gasteiger partial charge in [0.15, 0.2) is 5.43 Å². The number of amides is 1. The lowest BCUT2D eigenvalue weighted by Gasteiger charge is -2.30. The zero-order valence-electron chi connectivity index (χ0n) is 15.2. The minimum absolute atomic E-state index is 0.113. The second kappa shape index (κ2) is 6.22. The molecule has 134 valence electrons. The normalized spacial score (nSPS) is 16.5. The van der Waals surface area contributed by atoms with E-state index in [-0.39, 0.29) is 23.4 Å². The number of aliphatic hydroxyl groups is 1. The van der Waals surface area contributed by atoms with Crippen LogP contribution in [0, 0.1) is 5.41 Å². The summed E-state index contributed by atoms with van der Waals surface area (Å²) in [5.74, 6) is -0.237. The predicted molar refractivity (Wildman–Crippen MR) is 103 cm³/mol. The molecule has 0 bridgehead atoms. The highest BCUT2D eigenvalue weighted by atomic mass is 32.1. The van der Waals surface area contributed by atoms with Crippen molar-refractivity contribution in [2.75, 3.05) is 6.61 Å². The summed E-state index contributed by atoms with van der Waals surface area (Å²) in [5, 5.41) is 12.8. The van der Waals surface area contributed by atoms with Crippen molar-refractivity contribution in [1.82, 2.24) is 5.32 Å². The molecule has 5 heteroatoms. The van der Waals surface area contributed by atoms with E-state index >= 15 is 0 Å². The Labute approximate surface area is 151 Å². The van der Waals surface area contributed by atoms with Crippen LogP contribution in [-0.4, -0.2) is 23.2 Å². The fraction of sp³-hybridized carbons (Fsp3) is 0.500. The molecule has 0 saturated carbocycles. The average Bonchev–Trinajstić information content (AvgIpc) is 2.53. The van der Waals surface area contributed by atoms with Crippen molar-refractivity contribution in [3.63, 3.8) is 0 Å². The van der Waals surface area contributed by atoms with Crippen LogP contribution in [0.5, 0.6) is 0 Å². The number of hydrogen-bond acceptors (Lipinski definition) is 4. The highest BCUT2D eigenvalue weighted by Crippen LogP contribution is 2.37. The topological polar surface area (TPSA) is 66.4 Å². The average molecular weight is 359 g/mol. The van der Waals surface area contributed by atoms with E-state index in [4.69, 9.17) is 0 Å². The molecule has 0 atom stereocenters. The Balaban J connectivity index is 2.04. The van der Waals surface area contributed by atoms with Crippen LogP contribution in [0.25, 0.3) is 10.1 Å². The maximum Gasteiger partial charge on any atom is 0.251 e. The maximum absolute atomic E-state index is 12.8. The largest absolute Gasteiger partial charge is 0.394 e. The van der Waals surface area contributed by atoms with Crippen LogP contribution in [-0.2, 0) is 12.8 Å². The van der Waals surface area contributed by atoms with E-state index in [9.17, 15) is 14.7 Å². The summed E-state index contributed by atoms with van der Waals surface area (Å²) in [5.41, 5.74) is 1.11. The van der Waals surface area contributed by atoms with Crippen molar-refractivity contribution in [2.24, 2.45) is 5.41 Å². The van der Waals surface area contributed by atoms with Crippen molar-refractivity contribution in [1.29, 1.82) is 0 Å². The number of nitrogens with one attached hydrogen (secondary N) is 1. The third kappa shape index (κ3) is 3.62. The third-order valence-corrected chi connectivity index (χ3v) is 6.07. The van der Waals surface area contributed by atoms with Gasteiger partial charge in [0.05, 0.1) is 12.1 Å². The lowest BCUT2D eigenvalue weighted by molar-refractivity contribution is 0.0869. The summed E-state index contributed by atoms with van der Waals surface area (Å²) >= 11 is 1.63. The van der Waals surface area contributed by atoms with Crippen molar-refractivity contribution in [3.05, 3.63) is 44.4 Å². The van der Waals surface area contributed by atoms with Crippen molar-refractivity contribution in [2.45, 2.75) is 52.5 Å². The molecule has 0 unspecified atom stereocenters. The van der Waals surface area contributed by atoms with Crippen molar-refractivity contribution in [3.8, 4) is 0 Å². The molecule has 25 heavy (non-hydrogen) atoms. The fourth-order valence-electron chi connectivity index (χ4n) is 3.22. The van der Waals surface area contributed by atoms with E-state index in [2.05, 4.69) is 19.2 Å². The molecule has 2 aromatic rings. The Hall–Kier alpha value is -1.72. The number of carbonyl (C=O) groups excluding carboxylic acids is 1. The van der Waals surface area contributed by atoms with E-state index in [1.165, 1.54) is 0 Å². The molecule has 1 aliphatic carbocycles. The van der Waals surface area contributed by atoms with Gasteiger partial charge in [0.1, 0.15) is 0 Å². The minimum atomic E-state index is -0.682. The Morgan fingerprint density at radius 2 is 2.08 bits per heavy atom. The van der Waals surface area contributed by atoms with Crippen LogP contribution < -0.4 is 10.7 Å². The summed E-state index contributed by atoms with van der Waals surface area (Å²) in [6, 6.07) is 5.25. The Morgan fingerprint density at radius 1 is 1.36 bits per heavy atom. The van der Waals surface area contributed by atoms with Gasteiger partial charge < -0.3 is 10.4 Å². The molecular formula is C20H25NO3S. The number of aliphatic hydroxyl groups excluding tert-OH is 1. The molecule has 1 aromatic carbocycles. The molecule has 2 N–H and O–H groups in total. The van der Waals surface area contributed by atoms with Crippen LogP contribution in [0.4, 0.5) is 0 Å². The van der Waals surface area contributed by atoms with Crippen molar-refractivity contribution >= 4 is 27.3 Å². The first kappa shape index (κ1) is 18.1. The molecule has 0 radical (unpaired) electrons. The molecular weight excluding hydrogens is 334 g/mol. The Bertz CT molecular complexity index is 896. The van der Waals surface area contributed by atoms with E-state index in [0.29, 0.717) is 10.9 Å². The quantitative estimate of drug-likeness (QED) is 0.884. The van der Waals surface area contributed by atoms with Gasteiger partial charge in [0.25, 0.3) is 5.91 Å². The van der Waals surface area contributed by atoms with E-state index in [1.54, 1.807) is 43.4 Å². The summed E-state index contributed by atoms with van der Waals surface area (Å²) < 4.78 is 0.857. The summed E-state index contributed by atoms with van der Waals surface area (Å²) in [6.45, 7) is 7.87. The van der Waals surface area contributed by atoms with Crippen LogP contribution >= 0.6 is 11.3 Å². The van der Waals surface area contributed by atoms with E-state index in [0.717, 1.165) is 34.4 Å². The van der Waals surface area contributed by atoms with Gasteiger partial charge in [-0.25, -0.2) is 0 Å². The molecule has 1 amide bonds. The zero-order chi connectivity index (χ0) is 18.4. The van der Waals surface area contributed by atoms with Gasteiger partial charge in [0, 0.05) is 26.1 Å². The highest BCUT2D eigenvalue weighted by Gasteiger charge is 2.28. The zero-order valence-corrected chi connectivity index (χ0v) is 16.0. The molecule has 0 spiro atoms. The van der Waals surface area contributed by atoms with Gasteiger partial charge in [-0.15, -0.1) is 11.3 Å². The summed E-state index contributed by atoms with van der Waals surface area (Å²) in [6.07, 6.45) is 2.77. The fourth-order valence-corrected chi connectivity index (χ4v) is 4.72.